The smallest absolute Gasteiger partial charge is 0.326 e. The summed E-state index contributed by atoms with van der Waals surface area (Å²) in [5.74, 6) is -6.45. The standard InChI is InChI=1S/C15H26N4O10/c1-5(21)10(16)13(26)18-8(4-20)12(25)19-11(6(2)22)14(27)17-7(15(28)29)3-9(23)24/h5-8,10-11,20-22H,3-4,16H2,1-2H3,(H,17,27)(H,18,26)(H,19,25)(H,23,24)(H,28,29). The Kier molecular flexibility index (Phi) is 10.7. The van der Waals surface area contributed by atoms with Gasteiger partial charge in [0.15, 0.2) is 0 Å². The minimum Gasteiger partial charge on any atom is -0.481 e. The van der Waals surface area contributed by atoms with E-state index >= 15 is 0 Å². The predicted octanol–water partition coefficient (Wildman–Crippen LogP) is -4.92. The summed E-state index contributed by atoms with van der Waals surface area (Å²) in [6.07, 6.45) is -3.75. The molecule has 3 amide bonds. The normalized spacial score (nSPS) is 17.0. The van der Waals surface area contributed by atoms with Crippen LogP contribution in [-0.2, 0) is 24.0 Å². The lowest BCUT2D eigenvalue weighted by Gasteiger charge is -2.25. The predicted molar refractivity (Wildman–Crippen MR) is 94.1 cm³/mol. The first kappa shape index (κ1) is 26.2. The van der Waals surface area contributed by atoms with Crippen LogP contribution in [0.15, 0.2) is 0 Å². The zero-order valence-electron chi connectivity index (χ0n) is 15.7. The maximum atomic E-state index is 12.2. The van der Waals surface area contributed by atoms with Crippen molar-refractivity contribution in [2.45, 2.75) is 56.6 Å². The summed E-state index contributed by atoms with van der Waals surface area (Å²) in [6, 6.07) is -6.55. The Bertz CT molecular complexity index is 624. The van der Waals surface area contributed by atoms with Gasteiger partial charge in [-0.3, -0.25) is 19.2 Å². The van der Waals surface area contributed by atoms with E-state index in [0.717, 1.165) is 6.92 Å². The van der Waals surface area contributed by atoms with Crippen LogP contribution in [0.1, 0.15) is 20.3 Å². The molecule has 0 heterocycles. The number of carboxylic acid groups (broad SMARTS) is 2. The second-order valence-electron chi connectivity index (χ2n) is 6.23. The van der Waals surface area contributed by atoms with Crippen molar-refractivity contribution in [3.05, 3.63) is 0 Å². The van der Waals surface area contributed by atoms with E-state index in [2.05, 4.69) is 0 Å². The van der Waals surface area contributed by atoms with Gasteiger partial charge >= 0.3 is 11.9 Å². The average Bonchev–Trinajstić information content (AvgIpc) is 2.61. The monoisotopic (exact) mass is 422 g/mol. The maximum absolute atomic E-state index is 12.2. The second-order valence-corrected chi connectivity index (χ2v) is 6.23. The number of carboxylic acids is 2. The SMILES string of the molecule is CC(O)C(N)C(=O)NC(CO)C(=O)NC(C(=O)NC(CC(=O)O)C(=O)O)C(C)O. The molecular formula is C15H26N4O10. The van der Waals surface area contributed by atoms with Gasteiger partial charge in [0, 0.05) is 0 Å². The Morgan fingerprint density at radius 3 is 1.72 bits per heavy atom. The van der Waals surface area contributed by atoms with Crippen LogP contribution in [-0.4, -0.2) is 98.2 Å². The van der Waals surface area contributed by atoms with Crippen LogP contribution < -0.4 is 21.7 Å². The van der Waals surface area contributed by atoms with Crippen LogP contribution in [0.3, 0.4) is 0 Å². The zero-order chi connectivity index (χ0) is 22.9. The Labute approximate surface area is 165 Å². The summed E-state index contributed by atoms with van der Waals surface area (Å²) in [7, 11) is 0. The van der Waals surface area contributed by atoms with Gasteiger partial charge in [-0.1, -0.05) is 0 Å². The van der Waals surface area contributed by atoms with Crippen LogP contribution in [0.2, 0.25) is 0 Å². The van der Waals surface area contributed by atoms with Crippen molar-refractivity contribution in [2.24, 2.45) is 5.73 Å². The molecule has 0 aliphatic heterocycles. The molecule has 0 saturated heterocycles. The third kappa shape index (κ3) is 8.82. The molecule has 0 saturated carbocycles. The van der Waals surface area contributed by atoms with Gasteiger partial charge in [-0.25, -0.2) is 4.79 Å². The first-order valence-corrected chi connectivity index (χ1v) is 8.40. The third-order valence-electron chi connectivity index (χ3n) is 3.69. The number of aliphatic carboxylic acids is 2. The molecule has 0 aromatic heterocycles. The van der Waals surface area contributed by atoms with Gasteiger partial charge in [-0.05, 0) is 13.8 Å². The Morgan fingerprint density at radius 2 is 1.34 bits per heavy atom. The minimum absolute atomic E-state index is 0.922. The minimum atomic E-state index is -1.82. The van der Waals surface area contributed by atoms with Crippen molar-refractivity contribution in [3.63, 3.8) is 0 Å². The number of carbonyl (C=O) groups is 5. The molecule has 0 fully saturated rings. The molecule has 6 atom stereocenters. The van der Waals surface area contributed by atoms with Gasteiger partial charge in [0.1, 0.15) is 24.2 Å². The summed E-state index contributed by atoms with van der Waals surface area (Å²) >= 11 is 0. The second kappa shape index (κ2) is 11.9. The van der Waals surface area contributed by atoms with Gasteiger partial charge in [-0.2, -0.15) is 0 Å². The molecule has 0 bridgehead atoms. The zero-order valence-corrected chi connectivity index (χ0v) is 15.7. The molecule has 6 unspecified atom stereocenters. The van der Waals surface area contributed by atoms with E-state index in [4.69, 9.17) is 15.9 Å². The van der Waals surface area contributed by atoms with Crippen molar-refractivity contribution in [1.29, 1.82) is 0 Å². The Morgan fingerprint density at radius 1 is 0.828 bits per heavy atom. The highest BCUT2D eigenvalue weighted by molar-refractivity contribution is 5.95. The molecule has 0 radical (unpaired) electrons. The lowest BCUT2D eigenvalue weighted by molar-refractivity contribution is -0.148. The largest absolute Gasteiger partial charge is 0.481 e. The van der Waals surface area contributed by atoms with E-state index in [-0.39, 0.29) is 0 Å². The van der Waals surface area contributed by atoms with Crippen LogP contribution in [0.5, 0.6) is 0 Å². The fraction of sp³-hybridized carbons (Fsp3) is 0.667. The van der Waals surface area contributed by atoms with Crippen molar-refractivity contribution in [3.8, 4) is 0 Å². The number of rotatable bonds is 12. The molecule has 14 heteroatoms. The molecule has 166 valence electrons. The lowest BCUT2D eigenvalue weighted by Crippen LogP contribution is -2.61. The van der Waals surface area contributed by atoms with E-state index in [1.54, 1.807) is 0 Å². The number of aliphatic hydroxyl groups excluding tert-OH is 3. The average molecular weight is 422 g/mol. The first-order chi connectivity index (χ1) is 13.3. The topological polar surface area (TPSA) is 249 Å². The van der Waals surface area contributed by atoms with Crippen molar-refractivity contribution in [1.82, 2.24) is 16.0 Å². The van der Waals surface area contributed by atoms with Crippen LogP contribution >= 0.6 is 0 Å². The number of nitrogens with two attached hydrogens (primary N) is 1. The van der Waals surface area contributed by atoms with E-state index in [1.807, 2.05) is 16.0 Å². The van der Waals surface area contributed by atoms with E-state index in [1.165, 1.54) is 6.92 Å². The van der Waals surface area contributed by atoms with Gasteiger partial charge in [0.2, 0.25) is 17.7 Å². The highest BCUT2D eigenvalue weighted by Crippen LogP contribution is 2.00. The molecule has 0 aromatic carbocycles. The Hall–Kier alpha value is -2.81. The fourth-order valence-corrected chi connectivity index (χ4v) is 1.98. The summed E-state index contributed by atoms with van der Waals surface area (Å²) in [6.45, 7) is 1.39. The van der Waals surface area contributed by atoms with Gasteiger partial charge < -0.3 is 47.2 Å². The molecule has 0 rings (SSSR count). The fourth-order valence-electron chi connectivity index (χ4n) is 1.98. The molecule has 10 N–H and O–H groups in total. The summed E-state index contributed by atoms with van der Waals surface area (Å²) in [5.41, 5.74) is 5.40. The van der Waals surface area contributed by atoms with Crippen molar-refractivity contribution >= 4 is 29.7 Å². The summed E-state index contributed by atoms with van der Waals surface area (Å²) in [4.78, 5) is 57.9. The Balaban J connectivity index is 5.22. The number of hydrogen-bond donors (Lipinski definition) is 9. The quantitative estimate of drug-likeness (QED) is 0.144. The highest BCUT2D eigenvalue weighted by atomic mass is 16.4. The molecule has 0 aliphatic rings. The number of aliphatic hydroxyl groups is 3. The summed E-state index contributed by atoms with van der Waals surface area (Å²) in [5, 5.41) is 51.8. The highest BCUT2D eigenvalue weighted by Gasteiger charge is 2.33. The van der Waals surface area contributed by atoms with Crippen LogP contribution in [0.4, 0.5) is 0 Å². The van der Waals surface area contributed by atoms with E-state index in [9.17, 15) is 39.3 Å². The van der Waals surface area contributed by atoms with Crippen molar-refractivity contribution < 1.29 is 49.5 Å². The molecule has 29 heavy (non-hydrogen) atoms. The number of hydrogen-bond acceptors (Lipinski definition) is 9. The first-order valence-electron chi connectivity index (χ1n) is 8.40. The van der Waals surface area contributed by atoms with E-state index in [0.29, 0.717) is 0 Å². The lowest BCUT2D eigenvalue weighted by atomic mass is 10.1. The van der Waals surface area contributed by atoms with Crippen LogP contribution in [0, 0.1) is 0 Å². The maximum Gasteiger partial charge on any atom is 0.326 e. The molecule has 14 nitrogen and oxygen atoms in total. The molecule has 0 spiro atoms. The number of amides is 3. The molecule has 0 aromatic rings. The molecule has 0 aliphatic carbocycles. The number of carbonyl (C=O) groups excluding carboxylic acids is 3. The third-order valence-corrected chi connectivity index (χ3v) is 3.69. The van der Waals surface area contributed by atoms with Gasteiger partial charge in [-0.15, -0.1) is 0 Å². The van der Waals surface area contributed by atoms with Gasteiger partial charge in [0.05, 0.1) is 25.2 Å². The van der Waals surface area contributed by atoms with E-state index < -0.39 is 79.1 Å². The number of nitrogens with one attached hydrogen (secondary N) is 3. The van der Waals surface area contributed by atoms with Crippen molar-refractivity contribution in [2.75, 3.05) is 6.61 Å². The molecular weight excluding hydrogens is 396 g/mol. The van der Waals surface area contributed by atoms with Gasteiger partial charge in [0.25, 0.3) is 0 Å². The van der Waals surface area contributed by atoms with Crippen LogP contribution in [0.25, 0.3) is 0 Å². The summed E-state index contributed by atoms with van der Waals surface area (Å²) < 4.78 is 0.